The van der Waals surface area contributed by atoms with Crippen LogP contribution in [0.25, 0.3) is 0 Å². The fourth-order valence-corrected chi connectivity index (χ4v) is 4.53. The Balaban J connectivity index is 2.90. The number of carbonyl (C=O) groups is 2. The summed E-state index contributed by atoms with van der Waals surface area (Å²) in [5.41, 5.74) is 5.54. The van der Waals surface area contributed by atoms with Gasteiger partial charge in [-0.15, -0.1) is 0 Å². The summed E-state index contributed by atoms with van der Waals surface area (Å²) in [6.45, 7) is 6.98. The van der Waals surface area contributed by atoms with Crippen LogP contribution >= 0.6 is 15.6 Å². The van der Waals surface area contributed by atoms with E-state index in [9.17, 15) is 28.5 Å². The first-order valence-corrected chi connectivity index (χ1v) is 12.7. The number of aliphatic imine (C=N–C) groups is 1. The Kier molecular flexibility index (Phi) is 11.1. The number of carbonyl (C=O) groups excluding carboxylic acids is 2. The lowest BCUT2D eigenvalue weighted by Gasteiger charge is -2.23. The van der Waals surface area contributed by atoms with Gasteiger partial charge < -0.3 is 30.4 Å². The Morgan fingerprint density at radius 3 is 2.28 bits per heavy atom. The molecule has 0 aromatic rings. The van der Waals surface area contributed by atoms with Gasteiger partial charge in [-0.05, 0) is 34.6 Å². The number of hydrogen-bond acceptors (Lipinski definition) is 9. The number of amidine groups is 1. The molecule has 16 heteroatoms. The van der Waals surface area contributed by atoms with Crippen molar-refractivity contribution in [3.05, 3.63) is 0 Å². The lowest BCUT2D eigenvalue weighted by molar-refractivity contribution is -0.109. The average molecular weight is 503 g/mol. The number of ether oxygens (including phenoxy) is 1. The molecule has 32 heavy (non-hydrogen) atoms. The topological polar surface area (TPSA) is 205 Å². The first kappa shape index (κ1) is 28.8. The van der Waals surface area contributed by atoms with Crippen molar-refractivity contribution in [2.75, 3.05) is 6.61 Å². The maximum absolute atomic E-state index is 12.2. The van der Waals surface area contributed by atoms with Gasteiger partial charge in [0.2, 0.25) is 0 Å². The number of phosphoric ester groups is 2. The van der Waals surface area contributed by atoms with Crippen LogP contribution in [0.5, 0.6) is 0 Å². The molecule has 1 aliphatic rings. The molecule has 5 N–H and O–H groups in total. The molecule has 1 heterocycles. The lowest BCUT2D eigenvalue weighted by atomic mass is 10.2. The van der Waals surface area contributed by atoms with E-state index in [1.54, 1.807) is 0 Å². The molecule has 14 nitrogen and oxygen atoms in total. The van der Waals surface area contributed by atoms with Crippen LogP contribution in [-0.2, 0) is 36.8 Å². The monoisotopic (exact) mass is 503 g/mol. The summed E-state index contributed by atoms with van der Waals surface area (Å²) in [5.74, 6) is -1.00. The van der Waals surface area contributed by atoms with Gasteiger partial charge in [-0.1, -0.05) is 0 Å². The summed E-state index contributed by atoms with van der Waals surface area (Å²) < 4.78 is 49.3. The van der Waals surface area contributed by atoms with Crippen LogP contribution in [0.15, 0.2) is 4.99 Å². The van der Waals surface area contributed by atoms with Crippen LogP contribution in [-0.4, -0.2) is 65.2 Å². The molecule has 0 radical (unpaired) electrons. The highest BCUT2D eigenvalue weighted by atomic mass is 31.2. The Morgan fingerprint density at radius 2 is 1.75 bits per heavy atom. The quantitative estimate of drug-likeness (QED) is 0.129. The summed E-state index contributed by atoms with van der Waals surface area (Å²) >= 11 is 0. The van der Waals surface area contributed by atoms with Crippen molar-refractivity contribution >= 4 is 33.8 Å². The zero-order valence-corrected chi connectivity index (χ0v) is 20.2. The summed E-state index contributed by atoms with van der Waals surface area (Å²) in [6.07, 6.45) is -4.27. The van der Waals surface area contributed by atoms with Gasteiger partial charge in [-0.2, -0.15) is 4.99 Å². The first-order chi connectivity index (χ1) is 14.6. The van der Waals surface area contributed by atoms with Gasteiger partial charge in [0.05, 0.1) is 24.7 Å². The molecule has 2 amide bonds. The van der Waals surface area contributed by atoms with Gasteiger partial charge in [0.1, 0.15) is 30.6 Å². The largest absolute Gasteiger partial charge is 0.472 e. The fraction of sp³-hybridized carbons (Fsp3) is 0.812. The van der Waals surface area contributed by atoms with Crippen molar-refractivity contribution in [2.45, 2.75) is 71.7 Å². The predicted octanol–water partition coefficient (Wildman–Crippen LogP) is 1.46. The second-order valence-corrected chi connectivity index (χ2v) is 10.3. The second-order valence-electron chi connectivity index (χ2n) is 7.49. The third-order valence-corrected chi connectivity index (χ3v) is 6.13. The fourth-order valence-electron chi connectivity index (χ4n) is 2.45. The minimum Gasteiger partial charge on any atom is -0.386 e. The smallest absolute Gasteiger partial charge is 0.386 e. The number of amides is 2. The molecule has 1 saturated heterocycles. The van der Waals surface area contributed by atoms with Crippen LogP contribution < -0.4 is 11.1 Å². The third kappa shape index (κ3) is 10.6. The Bertz CT molecular complexity index is 776. The third-order valence-electron chi connectivity index (χ3n) is 3.74. The lowest BCUT2D eigenvalue weighted by Crippen LogP contribution is -2.35. The molecule has 6 atom stereocenters. The summed E-state index contributed by atoms with van der Waals surface area (Å²) in [6, 6.07) is -0.928. The molecule has 0 aromatic carbocycles. The minimum absolute atomic E-state index is 0.148. The molecule has 1 aliphatic heterocycles. The van der Waals surface area contributed by atoms with Crippen molar-refractivity contribution < 1.29 is 51.3 Å². The molecule has 186 valence electrons. The highest BCUT2D eigenvalue weighted by Gasteiger charge is 2.43. The van der Waals surface area contributed by atoms with Crippen LogP contribution in [0.4, 0.5) is 4.79 Å². The zero-order chi connectivity index (χ0) is 24.7. The van der Waals surface area contributed by atoms with Crippen molar-refractivity contribution in [3.63, 3.8) is 0 Å². The van der Waals surface area contributed by atoms with E-state index in [4.69, 9.17) is 28.6 Å². The standard InChI is InChI=1S/C16H31N3O11P2/c1-9(2)28-31(22,23)26-8-13-12(30-32(24,25)29-10(3)4)6-14(27-13)18-16(21)19-15(17)11(5)7-20/h7,9-14H,6,8H2,1-5H3,(H,22,23)(H,24,25)(H3,17,18,19,21)/t11?,12-,13-,14-/m1/s1. The Morgan fingerprint density at radius 1 is 1.19 bits per heavy atom. The number of rotatable bonds is 12. The number of aldehydes is 1. The predicted molar refractivity (Wildman–Crippen MR) is 112 cm³/mol. The average Bonchev–Trinajstić information content (AvgIpc) is 2.97. The molecule has 1 fully saturated rings. The molecule has 0 saturated carbocycles. The van der Waals surface area contributed by atoms with Gasteiger partial charge >= 0.3 is 21.7 Å². The van der Waals surface area contributed by atoms with E-state index in [-0.39, 0.29) is 12.3 Å². The normalized spacial score (nSPS) is 26.5. The first-order valence-electron chi connectivity index (χ1n) is 9.74. The number of nitrogens with two attached hydrogens (primary N) is 1. The molecule has 0 aliphatic carbocycles. The van der Waals surface area contributed by atoms with Crippen molar-refractivity contribution in [2.24, 2.45) is 16.6 Å². The highest BCUT2D eigenvalue weighted by molar-refractivity contribution is 7.47. The van der Waals surface area contributed by atoms with Gasteiger partial charge in [0, 0.05) is 6.42 Å². The van der Waals surface area contributed by atoms with Gasteiger partial charge in [0.15, 0.2) is 0 Å². The Labute approximate surface area is 186 Å². The zero-order valence-electron chi connectivity index (χ0n) is 18.4. The molecule has 0 aromatic heterocycles. The number of nitrogens with one attached hydrogen (secondary N) is 1. The second kappa shape index (κ2) is 12.3. The van der Waals surface area contributed by atoms with E-state index in [2.05, 4.69) is 10.3 Å². The molecular weight excluding hydrogens is 472 g/mol. The van der Waals surface area contributed by atoms with Crippen LogP contribution in [0.3, 0.4) is 0 Å². The highest BCUT2D eigenvalue weighted by Crippen LogP contribution is 2.49. The van der Waals surface area contributed by atoms with Crippen molar-refractivity contribution in [1.29, 1.82) is 0 Å². The van der Waals surface area contributed by atoms with E-state index in [0.717, 1.165) is 0 Å². The molecule has 0 bridgehead atoms. The SMILES string of the molecule is CC(C)OP(=O)(O)OC[C@H]1O[C@@H](NC(=O)/N=C(/N)C(C)C=O)C[C@H]1OP(=O)(O)OC(C)C. The molecule has 3 unspecified atom stereocenters. The van der Waals surface area contributed by atoms with E-state index in [0.29, 0.717) is 6.29 Å². The van der Waals surface area contributed by atoms with Crippen molar-refractivity contribution in [3.8, 4) is 0 Å². The summed E-state index contributed by atoms with van der Waals surface area (Å²) in [7, 11) is -8.96. The number of hydrogen-bond donors (Lipinski definition) is 4. The number of urea groups is 1. The van der Waals surface area contributed by atoms with Gasteiger partial charge in [-0.3, -0.25) is 18.1 Å². The van der Waals surface area contributed by atoms with Crippen LogP contribution in [0, 0.1) is 5.92 Å². The number of phosphoric acid groups is 2. The number of nitrogens with zero attached hydrogens (tertiary/aromatic N) is 1. The van der Waals surface area contributed by atoms with E-state index >= 15 is 0 Å². The maximum atomic E-state index is 12.2. The van der Waals surface area contributed by atoms with Crippen molar-refractivity contribution in [1.82, 2.24) is 5.32 Å². The maximum Gasteiger partial charge on any atom is 0.472 e. The summed E-state index contributed by atoms with van der Waals surface area (Å²) in [5, 5.41) is 2.35. The summed E-state index contributed by atoms with van der Waals surface area (Å²) in [4.78, 5) is 45.9. The van der Waals surface area contributed by atoms with E-state index in [1.165, 1.54) is 34.6 Å². The van der Waals surface area contributed by atoms with Gasteiger partial charge in [-0.25, -0.2) is 13.9 Å². The molecular formula is C16H31N3O11P2. The van der Waals surface area contributed by atoms with Crippen LogP contribution in [0.2, 0.25) is 0 Å². The molecule has 0 spiro atoms. The molecule has 1 rings (SSSR count). The Hall–Kier alpha value is -1.21. The van der Waals surface area contributed by atoms with E-state index in [1.807, 2.05) is 0 Å². The van der Waals surface area contributed by atoms with Crippen LogP contribution in [0.1, 0.15) is 41.0 Å². The van der Waals surface area contributed by atoms with Gasteiger partial charge in [0.25, 0.3) is 0 Å². The minimum atomic E-state index is -4.52. The van der Waals surface area contributed by atoms with E-state index < -0.39 is 64.8 Å².